The molecule has 1 saturated carbocycles. The number of aromatic nitrogens is 3. The van der Waals surface area contributed by atoms with E-state index in [-0.39, 0.29) is 17.6 Å². The highest BCUT2D eigenvalue weighted by atomic mass is 32.2. The maximum Gasteiger partial charge on any atom is 0.230 e. The van der Waals surface area contributed by atoms with Crippen LogP contribution in [0.2, 0.25) is 0 Å². The quantitative estimate of drug-likeness (QED) is 0.319. The summed E-state index contributed by atoms with van der Waals surface area (Å²) in [6.45, 7) is 2.17. The number of benzene rings is 2. The molecule has 0 aliphatic heterocycles. The molecular formula is C24H27N5O4S. The highest BCUT2D eigenvalue weighted by molar-refractivity contribution is 7.99. The van der Waals surface area contributed by atoms with Crippen LogP contribution in [0, 0.1) is 0 Å². The first kappa shape index (κ1) is 23.6. The Balaban J connectivity index is 1.35. The number of thioether (sulfide) groups is 1. The standard InChI is InChI=1S/C24H27N5O4S/c1-16(30)26-18-6-5-7-19(14-18)29-23(17-10-11-17)27-28-24(29)34-15-22(31)25-12-13-33-21-9-4-3-8-20(21)32-2/h3-9,14,17H,10-13,15H2,1-2H3,(H,25,31)(H,26,30). The number of nitrogens with zero attached hydrogens (tertiary/aromatic N) is 3. The first-order valence-corrected chi connectivity index (χ1v) is 12.0. The molecule has 10 heteroatoms. The largest absolute Gasteiger partial charge is 0.493 e. The summed E-state index contributed by atoms with van der Waals surface area (Å²) >= 11 is 1.33. The van der Waals surface area contributed by atoms with E-state index in [4.69, 9.17) is 9.47 Å². The number of carbonyl (C=O) groups excluding carboxylic acids is 2. The van der Waals surface area contributed by atoms with Crippen molar-refractivity contribution < 1.29 is 19.1 Å². The predicted octanol–water partition coefficient (Wildman–Crippen LogP) is 3.40. The number of ether oxygens (including phenoxy) is 2. The van der Waals surface area contributed by atoms with Crippen LogP contribution in [0.15, 0.2) is 53.7 Å². The molecule has 0 atom stereocenters. The van der Waals surface area contributed by atoms with Crippen LogP contribution in [0.3, 0.4) is 0 Å². The number of anilines is 1. The summed E-state index contributed by atoms with van der Waals surface area (Å²) < 4.78 is 12.9. The van der Waals surface area contributed by atoms with Crippen molar-refractivity contribution in [1.29, 1.82) is 0 Å². The average Bonchev–Trinajstić information content (AvgIpc) is 3.59. The Kier molecular flexibility index (Phi) is 7.69. The lowest BCUT2D eigenvalue weighted by Gasteiger charge is -2.12. The van der Waals surface area contributed by atoms with Gasteiger partial charge in [0.25, 0.3) is 0 Å². The first-order valence-electron chi connectivity index (χ1n) is 11.0. The van der Waals surface area contributed by atoms with E-state index in [0.29, 0.717) is 41.4 Å². The third-order valence-corrected chi connectivity index (χ3v) is 6.04. The molecule has 0 unspecified atom stereocenters. The van der Waals surface area contributed by atoms with Crippen LogP contribution in [-0.2, 0) is 9.59 Å². The van der Waals surface area contributed by atoms with Gasteiger partial charge in [-0.2, -0.15) is 0 Å². The van der Waals surface area contributed by atoms with Crippen LogP contribution in [0.25, 0.3) is 5.69 Å². The van der Waals surface area contributed by atoms with E-state index in [2.05, 4.69) is 20.8 Å². The molecule has 2 amide bonds. The number of carbonyl (C=O) groups is 2. The van der Waals surface area contributed by atoms with Gasteiger partial charge in [0.05, 0.1) is 25.1 Å². The molecule has 2 aromatic carbocycles. The minimum Gasteiger partial charge on any atom is -0.493 e. The predicted molar refractivity (Wildman–Crippen MR) is 130 cm³/mol. The van der Waals surface area contributed by atoms with Crippen molar-refractivity contribution in [2.24, 2.45) is 0 Å². The van der Waals surface area contributed by atoms with Crippen molar-refractivity contribution in [3.63, 3.8) is 0 Å². The number of hydrogen-bond acceptors (Lipinski definition) is 7. The third kappa shape index (κ3) is 6.07. The third-order valence-electron chi connectivity index (χ3n) is 5.11. The van der Waals surface area contributed by atoms with Gasteiger partial charge >= 0.3 is 0 Å². The van der Waals surface area contributed by atoms with Crippen LogP contribution < -0.4 is 20.1 Å². The minimum absolute atomic E-state index is 0.122. The lowest BCUT2D eigenvalue weighted by atomic mass is 10.2. The average molecular weight is 482 g/mol. The molecule has 34 heavy (non-hydrogen) atoms. The van der Waals surface area contributed by atoms with Crippen LogP contribution in [0.5, 0.6) is 11.5 Å². The molecule has 0 bridgehead atoms. The fourth-order valence-electron chi connectivity index (χ4n) is 3.42. The summed E-state index contributed by atoms with van der Waals surface area (Å²) in [6.07, 6.45) is 2.14. The molecular weight excluding hydrogens is 454 g/mol. The number of amides is 2. The van der Waals surface area contributed by atoms with E-state index in [1.54, 1.807) is 7.11 Å². The number of para-hydroxylation sites is 2. The van der Waals surface area contributed by atoms with Crippen molar-refractivity contribution in [2.75, 3.05) is 31.3 Å². The second-order valence-corrected chi connectivity index (χ2v) is 8.76. The molecule has 0 saturated heterocycles. The van der Waals surface area contributed by atoms with Gasteiger partial charge in [0.15, 0.2) is 16.7 Å². The second-order valence-electron chi connectivity index (χ2n) is 7.82. The SMILES string of the molecule is COc1ccccc1OCCNC(=O)CSc1nnc(C2CC2)n1-c1cccc(NC(C)=O)c1. The smallest absolute Gasteiger partial charge is 0.230 e. The van der Waals surface area contributed by atoms with Gasteiger partial charge in [-0.25, -0.2) is 0 Å². The van der Waals surface area contributed by atoms with Gasteiger partial charge in [0.1, 0.15) is 12.4 Å². The van der Waals surface area contributed by atoms with Gasteiger partial charge < -0.3 is 20.1 Å². The van der Waals surface area contributed by atoms with Gasteiger partial charge in [-0.3, -0.25) is 14.2 Å². The Hall–Kier alpha value is -3.53. The van der Waals surface area contributed by atoms with Crippen LogP contribution in [0.4, 0.5) is 5.69 Å². The molecule has 4 rings (SSSR count). The number of nitrogens with one attached hydrogen (secondary N) is 2. The number of methoxy groups -OCH3 is 1. The zero-order chi connectivity index (χ0) is 23.9. The Morgan fingerprint density at radius 1 is 1.12 bits per heavy atom. The van der Waals surface area contributed by atoms with E-state index >= 15 is 0 Å². The summed E-state index contributed by atoms with van der Waals surface area (Å²) in [5.74, 6) is 2.48. The maximum atomic E-state index is 12.4. The summed E-state index contributed by atoms with van der Waals surface area (Å²) in [5, 5.41) is 15.0. The molecule has 0 spiro atoms. The lowest BCUT2D eigenvalue weighted by molar-refractivity contribution is -0.118. The Morgan fingerprint density at radius 3 is 2.65 bits per heavy atom. The number of hydrogen-bond donors (Lipinski definition) is 2. The lowest BCUT2D eigenvalue weighted by Crippen LogP contribution is -2.29. The molecule has 1 aromatic heterocycles. The normalized spacial score (nSPS) is 12.8. The molecule has 1 heterocycles. The summed E-state index contributed by atoms with van der Waals surface area (Å²) in [5.41, 5.74) is 1.55. The minimum atomic E-state index is -0.135. The molecule has 9 nitrogen and oxygen atoms in total. The van der Waals surface area contributed by atoms with Crippen LogP contribution in [0.1, 0.15) is 31.5 Å². The van der Waals surface area contributed by atoms with E-state index in [9.17, 15) is 9.59 Å². The zero-order valence-electron chi connectivity index (χ0n) is 19.1. The van der Waals surface area contributed by atoms with E-state index in [1.807, 2.05) is 53.1 Å². The van der Waals surface area contributed by atoms with Gasteiger partial charge in [-0.1, -0.05) is 30.0 Å². The first-order chi connectivity index (χ1) is 16.5. The van der Waals surface area contributed by atoms with Gasteiger partial charge in [-0.05, 0) is 43.2 Å². The fourth-order valence-corrected chi connectivity index (χ4v) is 4.21. The van der Waals surface area contributed by atoms with E-state index in [0.717, 1.165) is 24.4 Å². The summed E-state index contributed by atoms with van der Waals surface area (Å²) in [7, 11) is 1.59. The van der Waals surface area contributed by atoms with Crippen LogP contribution in [-0.4, -0.2) is 52.6 Å². The summed E-state index contributed by atoms with van der Waals surface area (Å²) in [4.78, 5) is 23.9. The Bertz CT molecular complexity index is 1160. The summed E-state index contributed by atoms with van der Waals surface area (Å²) in [6, 6.07) is 14.9. The molecule has 3 aromatic rings. The molecule has 1 aliphatic carbocycles. The molecule has 1 aliphatic rings. The molecule has 0 radical (unpaired) electrons. The highest BCUT2D eigenvalue weighted by Gasteiger charge is 2.31. The topological polar surface area (TPSA) is 107 Å². The maximum absolute atomic E-state index is 12.4. The van der Waals surface area contributed by atoms with E-state index < -0.39 is 0 Å². The highest BCUT2D eigenvalue weighted by Crippen LogP contribution is 2.41. The van der Waals surface area contributed by atoms with Crippen LogP contribution >= 0.6 is 11.8 Å². The number of rotatable bonds is 11. The van der Waals surface area contributed by atoms with Gasteiger partial charge in [-0.15, -0.1) is 10.2 Å². The van der Waals surface area contributed by atoms with Crippen molar-refractivity contribution in [3.05, 3.63) is 54.4 Å². The van der Waals surface area contributed by atoms with Gasteiger partial charge in [0, 0.05) is 18.5 Å². The molecule has 1 fully saturated rings. The Morgan fingerprint density at radius 2 is 1.91 bits per heavy atom. The zero-order valence-corrected chi connectivity index (χ0v) is 19.9. The Labute approximate surface area is 202 Å². The monoisotopic (exact) mass is 481 g/mol. The molecule has 178 valence electrons. The van der Waals surface area contributed by atoms with Crippen molar-refractivity contribution in [1.82, 2.24) is 20.1 Å². The van der Waals surface area contributed by atoms with Crippen molar-refractivity contribution >= 4 is 29.3 Å². The van der Waals surface area contributed by atoms with E-state index in [1.165, 1.54) is 18.7 Å². The fraction of sp³-hybridized carbons (Fsp3) is 0.333. The molecule has 2 N–H and O–H groups in total. The van der Waals surface area contributed by atoms with Crippen molar-refractivity contribution in [3.8, 4) is 17.2 Å². The van der Waals surface area contributed by atoms with Gasteiger partial charge in [0.2, 0.25) is 11.8 Å². The second kappa shape index (κ2) is 11.1. The van der Waals surface area contributed by atoms with Crippen molar-refractivity contribution in [2.45, 2.75) is 30.8 Å².